The third kappa shape index (κ3) is 2.53. The van der Waals surface area contributed by atoms with Crippen molar-refractivity contribution < 1.29 is 13.9 Å². The van der Waals surface area contributed by atoms with Gasteiger partial charge in [-0.15, -0.1) is 0 Å². The summed E-state index contributed by atoms with van der Waals surface area (Å²) in [6.45, 7) is 7.82. The van der Waals surface area contributed by atoms with Crippen LogP contribution >= 0.6 is 0 Å². The summed E-state index contributed by atoms with van der Waals surface area (Å²) >= 11 is 0. The number of nitrogens with zero attached hydrogens (tertiary/aromatic N) is 2. The van der Waals surface area contributed by atoms with Crippen molar-refractivity contribution in [2.75, 3.05) is 6.61 Å². The largest absolute Gasteiger partial charge is 0.465 e. The number of ether oxygens (including phenoxy) is 1. The number of rotatable bonds is 4. The zero-order valence-electron chi connectivity index (χ0n) is 12.2. The topological polar surface area (TPSA) is 44.1 Å². The van der Waals surface area contributed by atoms with Crippen molar-refractivity contribution in [3.05, 3.63) is 29.8 Å². The zero-order valence-corrected chi connectivity index (χ0v) is 12.2. The van der Waals surface area contributed by atoms with Gasteiger partial charge in [-0.1, -0.05) is 0 Å². The van der Waals surface area contributed by atoms with Gasteiger partial charge in [0.1, 0.15) is 17.6 Å². The molecule has 0 bridgehead atoms. The van der Waals surface area contributed by atoms with Crippen molar-refractivity contribution in [3.8, 4) is 0 Å². The summed E-state index contributed by atoms with van der Waals surface area (Å²) in [5.41, 5.74) is 1.39. The summed E-state index contributed by atoms with van der Waals surface area (Å²) in [6, 6.07) is 4.53. The van der Waals surface area contributed by atoms with Crippen LogP contribution in [0.5, 0.6) is 0 Å². The Balaban J connectivity index is 2.57. The first kappa shape index (κ1) is 14.5. The lowest BCUT2D eigenvalue weighted by atomic mass is 10.1. The van der Waals surface area contributed by atoms with E-state index in [0.29, 0.717) is 23.5 Å². The van der Waals surface area contributed by atoms with Crippen LogP contribution in [0, 0.1) is 5.82 Å². The lowest BCUT2D eigenvalue weighted by molar-refractivity contribution is -0.144. The Labute approximate surface area is 117 Å². The van der Waals surface area contributed by atoms with Crippen molar-refractivity contribution in [1.29, 1.82) is 0 Å². The van der Waals surface area contributed by atoms with Gasteiger partial charge in [0.2, 0.25) is 0 Å². The van der Waals surface area contributed by atoms with Gasteiger partial charge in [0, 0.05) is 6.04 Å². The molecule has 1 atom stereocenters. The average Bonchev–Trinajstić information content (AvgIpc) is 2.76. The van der Waals surface area contributed by atoms with Crippen LogP contribution in [0.1, 0.15) is 45.5 Å². The summed E-state index contributed by atoms with van der Waals surface area (Å²) in [7, 11) is 0. The van der Waals surface area contributed by atoms with Gasteiger partial charge < -0.3 is 9.30 Å². The average molecular weight is 278 g/mol. The summed E-state index contributed by atoms with van der Waals surface area (Å²) in [4.78, 5) is 16.4. The second-order valence-electron chi connectivity index (χ2n) is 5.04. The number of carbonyl (C=O) groups excluding carboxylic acids is 1. The van der Waals surface area contributed by atoms with Crippen LogP contribution < -0.4 is 0 Å². The molecule has 1 aromatic carbocycles. The van der Waals surface area contributed by atoms with Crippen LogP contribution in [0.4, 0.5) is 4.39 Å². The maximum absolute atomic E-state index is 13.4. The predicted molar refractivity (Wildman–Crippen MR) is 75.1 cm³/mol. The van der Waals surface area contributed by atoms with E-state index in [9.17, 15) is 9.18 Å². The SMILES string of the molecule is CCOC(=O)C(C)c1nc2ccc(F)cc2n1C(C)C. The molecule has 0 aliphatic carbocycles. The Hall–Kier alpha value is -1.91. The first-order valence-corrected chi connectivity index (χ1v) is 6.79. The molecule has 1 aromatic heterocycles. The standard InChI is InChI=1S/C15H19FN2O2/c1-5-20-15(19)10(4)14-17-12-7-6-11(16)8-13(12)18(14)9(2)3/h6-10H,5H2,1-4H3. The fourth-order valence-electron chi connectivity index (χ4n) is 2.31. The molecule has 1 unspecified atom stereocenters. The number of benzene rings is 1. The van der Waals surface area contributed by atoms with Crippen molar-refractivity contribution in [3.63, 3.8) is 0 Å². The first-order chi connectivity index (χ1) is 9.45. The number of esters is 1. The Morgan fingerprint density at radius 3 is 2.70 bits per heavy atom. The van der Waals surface area contributed by atoms with Crippen molar-refractivity contribution in [1.82, 2.24) is 9.55 Å². The number of hydrogen-bond donors (Lipinski definition) is 0. The van der Waals surface area contributed by atoms with Crippen LogP contribution in [-0.2, 0) is 9.53 Å². The molecular formula is C15H19FN2O2. The Morgan fingerprint density at radius 2 is 2.10 bits per heavy atom. The molecule has 0 radical (unpaired) electrons. The molecule has 5 heteroatoms. The molecule has 0 aliphatic rings. The molecule has 0 amide bonds. The van der Waals surface area contributed by atoms with Gasteiger partial charge in [-0.25, -0.2) is 9.37 Å². The van der Waals surface area contributed by atoms with E-state index in [4.69, 9.17) is 4.74 Å². The van der Waals surface area contributed by atoms with E-state index in [1.54, 1.807) is 19.9 Å². The lowest BCUT2D eigenvalue weighted by Crippen LogP contribution is -2.18. The van der Waals surface area contributed by atoms with Crippen LogP contribution in [0.3, 0.4) is 0 Å². The molecule has 1 heterocycles. The van der Waals surface area contributed by atoms with E-state index in [0.717, 1.165) is 0 Å². The second kappa shape index (κ2) is 5.61. The number of aromatic nitrogens is 2. The summed E-state index contributed by atoms with van der Waals surface area (Å²) in [5.74, 6) is -0.494. The fraction of sp³-hybridized carbons (Fsp3) is 0.467. The highest BCUT2D eigenvalue weighted by atomic mass is 19.1. The number of imidazole rings is 1. The van der Waals surface area contributed by atoms with Crippen molar-refractivity contribution in [2.45, 2.75) is 39.7 Å². The minimum atomic E-state index is -0.479. The van der Waals surface area contributed by atoms with Gasteiger partial charge in [0.05, 0.1) is 17.6 Å². The summed E-state index contributed by atoms with van der Waals surface area (Å²) < 4.78 is 20.4. The van der Waals surface area contributed by atoms with Crippen LogP contribution in [0.15, 0.2) is 18.2 Å². The number of hydrogen-bond acceptors (Lipinski definition) is 3. The minimum Gasteiger partial charge on any atom is -0.465 e. The van der Waals surface area contributed by atoms with Crippen LogP contribution in [-0.4, -0.2) is 22.1 Å². The van der Waals surface area contributed by atoms with E-state index in [1.807, 2.05) is 18.4 Å². The Bertz CT molecular complexity index is 634. The smallest absolute Gasteiger partial charge is 0.316 e. The van der Waals surface area contributed by atoms with Gasteiger partial charge in [-0.3, -0.25) is 4.79 Å². The Kier molecular flexibility index (Phi) is 4.06. The van der Waals surface area contributed by atoms with Gasteiger partial charge in [-0.2, -0.15) is 0 Å². The molecule has 0 aliphatic heterocycles. The molecule has 0 fully saturated rings. The third-order valence-electron chi connectivity index (χ3n) is 3.22. The van der Waals surface area contributed by atoms with E-state index >= 15 is 0 Å². The molecule has 0 saturated heterocycles. The molecule has 2 rings (SSSR count). The van der Waals surface area contributed by atoms with E-state index in [-0.39, 0.29) is 17.8 Å². The number of carbonyl (C=O) groups is 1. The molecule has 0 N–H and O–H groups in total. The highest BCUT2D eigenvalue weighted by Crippen LogP contribution is 2.27. The molecule has 4 nitrogen and oxygen atoms in total. The molecule has 20 heavy (non-hydrogen) atoms. The maximum Gasteiger partial charge on any atom is 0.316 e. The normalized spacial score (nSPS) is 12.9. The highest BCUT2D eigenvalue weighted by Gasteiger charge is 2.25. The summed E-state index contributed by atoms with van der Waals surface area (Å²) in [5, 5.41) is 0. The van der Waals surface area contributed by atoms with Gasteiger partial charge in [0.25, 0.3) is 0 Å². The number of halogens is 1. The van der Waals surface area contributed by atoms with Gasteiger partial charge in [0.15, 0.2) is 0 Å². The van der Waals surface area contributed by atoms with Gasteiger partial charge >= 0.3 is 5.97 Å². The second-order valence-corrected chi connectivity index (χ2v) is 5.04. The molecule has 2 aromatic rings. The van der Waals surface area contributed by atoms with Gasteiger partial charge in [-0.05, 0) is 45.9 Å². The molecule has 0 spiro atoms. The van der Waals surface area contributed by atoms with Crippen LogP contribution in [0.25, 0.3) is 11.0 Å². The quantitative estimate of drug-likeness (QED) is 0.805. The highest BCUT2D eigenvalue weighted by molar-refractivity contribution is 5.81. The molecular weight excluding hydrogens is 259 g/mol. The van der Waals surface area contributed by atoms with Crippen molar-refractivity contribution >= 4 is 17.0 Å². The predicted octanol–water partition coefficient (Wildman–Crippen LogP) is 3.42. The van der Waals surface area contributed by atoms with Crippen molar-refractivity contribution in [2.24, 2.45) is 0 Å². The molecule has 108 valence electrons. The van der Waals surface area contributed by atoms with Crippen LogP contribution in [0.2, 0.25) is 0 Å². The minimum absolute atomic E-state index is 0.0775. The third-order valence-corrected chi connectivity index (χ3v) is 3.22. The fourth-order valence-corrected chi connectivity index (χ4v) is 2.31. The maximum atomic E-state index is 13.4. The zero-order chi connectivity index (χ0) is 14.9. The monoisotopic (exact) mass is 278 g/mol. The number of fused-ring (bicyclic) bond motifs is 1. The van der Waals surface area contributed by atoms with E-state index in [2.05, 4.69) is 4.98 Å². The lowest BCUT2D eigenvalue weighted by Gasteiger charge is -2.16. The Morgan fingerprint density at radius 1 is 1.40 bits per heavy atom. The molecule has 0 saturated carbocycles. The van der Waals surface area contributed by atoms with E-state index < -0.39 is 5.92 Å². The first-order valence-electron chi connectivity index (χ1n) is 6.79. The van der Waals surface area contributed by atoms with E-state index in [1.165, 1.54) is 12.1 Å². The summed E-state index contributed by atoms with van der Waals surface area (Å²) in [6.07, 6.45) is 0.